The van der Waals surface area contributed by atoms with Gasteiger partial charge in [0.25, 0.3) is 5.91 Å². The van der Waals surface area contributed by atoms with Crippen LogP contribution in [-0.2, 0) is 0 Å². The van der Waals surface area contributed by atoms with Crippen molar-refractivity contribution in [2.45, 2.75) is 39.5 Å². The van der Waals surface area contributed by atoms with Gasteiger partial charge in [0.15, 0.2) is 0 Å². The summed E-state index contributed by atoms with van der Waals surface area (Å²) >= 11 is 5.77. The maximum absolute atomic E-state index is 12.0. The van der Waals surface area contributed by atoms with Crippen LogP contribution in [0.4, 0.5) is 5.69 Å². The van der Waals surface area contributed by atoms with Gasteiger partial charge in [-0.05, 0) is 18.4 Å². The lowest BCUT2D eigenvalue weighted by Gasteiger charge is -2.15. The number of aromatic nitrogens is 1. The number of nitrogens with two attached hydrogens (primary N) is 1. The summed E-state index contributed by atoms with van der Waals surface area (Å²) in [5.41, 5.74) is 6.47. The number of unbranched alkanes of at least 4 members (excludes halogenated alkanes) is 1. The molecular formula is C14H22ClN3O. The SMILES string of the molecule is CCCCC(CC)CNC(=O)c1cc(Cl)ncc1N. The fraction of sp³-hybridized carbons (Fsp3) is 0.571. The normalized spacial score (nSPS) is 12.2. The summed E-state index contributed by atoms with van der Waals surface area (Å²) in [7, 11) is 0. The fourth-order valence-electron chi connectivity index (χ4n) is 1.91. The Morgan fingerprint density at radius 2 is 2.26 bits per heavy atom. The summed E-state index contributed by atoms with van der Waals surface area (Å²) in [5.74, 6) is 0.333. The third kappa shape index (κ3) is 5.07. The average molecular weight is 284 g/mol. The van der Waals surface area contributed by atoms with Crippen molar-refractivity contribution < 1.29 is 4.79 Å². The molecule has 106 valence electrons. The zero-order valence-corrected chi connectivity index (χ0v) is 12.3. The number of hydrogen-bond acceptors (Lipinski definition) is 3. The Morgan fingerprint density at radius 1 is 1.53 bits per heavy atom. The van der Waals surface area contributed by atoms with Crippen LogP contribution in [-0.4, -0.2) is 17.4 Å². The summed E-state index contributed by atoms with van der Waals surface area (Å²) in [4.78, 5) is 15.9. The van der Waals surface area contributed by atoms with Gasteiger partial charge in [-0.25, -0.2) is 4.98 Å². The maximum Gasteiger partial charge on any atom is 0.253 e. The fourth-order valence-corrected chi connectivity index (χ4v) is 2.07. The standard InChI is InChI=1S/C14H22ClN3O/c1-3-5-6-10(4-2)8-18-14(19)11-7-13(15)17-9-12(11)16/h7,9-10H,3-6,8,16H2,1-2H3,(H,18,19). The number of carbonyl (C=O) groups is 1. The lowest BCUT2D eigenvalue weighted by Crippen LogP contribution is -2.29. The van der Waals surface area contributed by atoms with Gasteiger partial charge in [-0.15, -0.1) is 0 Å². The number of hydrogen-bond donors (Lipinski definition) is 2. The van der Waals surface area contributed by atoms with Crippen LogP contribution < -0.4 is 11.1 Å². The van der Waals surface area contributed by atoms with E-state index in [0.29, 0.717) is 23.7 Å². The van der Waals surface area contributed by atoms with E-state index in [9.17, 15) is 4.79 Å². The predicted molar refractivity (Wildman–Crippen MR) is 79.3 cm³/mol. The number of halogens is 1. The van der Waals surface area contributed by atoms with Crippen molar-refractivity contribution >= 4 is 23.2 Å². The van der Waals surface area contributed by atoms with Gasteiger partial charge in [0.1, 0.15) is 5.15 Å². The van der Waals surface area contributed by atoms with Crippen molar-refractivity contribution in [3.05, 3.63) is 23.0 Å². The molecule has 1 aromatic rings. The number of nitrogens with one attached hydrogen (secondary N) is 1. The second kappa shape index (κ2) is 8.00. The molecule has 19 heavy (non-hydrogen) atoms. The second-order valence-corrected chi connectivity index (χ2v) is 5.11. The number of anilines is 1. The van der Waals surface area contributed by atoms with Crippen LogP contribution in [0.2, 0.25) is 5.15 Å². The van der Waals surface area contributed by atoms with Gasteiger partial charge in [0, 0.05) is 6.54 Å². The molecule has 0 fully saturated rings. The van der Waals surface area contributed by atoms with Crippen LogP contribution in [0.25, 0.3) is 0 Å². The van der Waals surface area contributed by atoms with Crippen molar-refractivity contribution in [3.63, 3.8) is 0 Å². The highest BCUT2D eigenvalue weighted by molar-refractivity contribution is 6.29. The molecule has 1 amide bonds. The number of rotatable bonds is 7. The van der Waals surface area contributed by atoms with Crippen LogP contribution in [0.5, 0.6) is 0 Å². The first-order chi connectivity index (χ1) is 9.08. The Kier molecular flexibility index (Phi) is 6.64. The molecule has 0 saturated carbocycles. The van der Waals surface area contributed by atoms with E-state index in [1.807, 2.05) is 0 Å². The van der Waals surface area contributed by atoms with Crippen molar-refractivity contribution in [2.75, 3.05) is 12.3 Å². The molecule has 0 aliphatic heterocycles. The summed E-state index contributed by atoms with van der Waals surface area (Å²) in [5, 5.41) is 3.20. The second-order valence-electron chi connectivity index (χ2n) is 4.72. The van der Waals surface area contributed by atoms with E-state index in [4.69, 9.17) is 17.3 Å². The van der Waals surface area contributed by atoms with Crippen LogP contribution in [0, 0.1) is 5.92 Å². The zero-order chi connectivity index (χ0) is 14.3. The number of amides is 1. The molecule has 4 nitrogen and oxygen atoms in total. The zero-order valence-electron chi connectivity index (χ0n) is 11.6. The summed E-state index contributed by atoms with van der Waals surface area (Å²) < 4.78 is 0. The average Bonchev–Trinajstić information content (AvgIpc) is 2.41. The van der Waals surface area contributed by atoms with Crippen LogP contribution in [0.15, 0.2) is 12.3 Å². The number of nitrogens with zero attached hydrogens (tertiary/aromatic N) is 1. The molecule has 0 saturated heterocycles. The van der Waals surface area contributed by atoms with E-state index in [-0.39, 0.29) is 11.1 Å². The molecule has 0 aliphatic rings. The molecule has 1 aromatic heterocycles. The molecule has 5 heteroatoms. The third-order valence-corrected chi connectivity index (χ3v) is 3.45. The van der Waals surface area contributed by atoms with Crippen LogP contribution >= 0.6 is 11.6 Å². The van der Waals surface area contributed by atoms with Crippen molar-refractivity contribution in [2.24, 2.45) is 5.92 Å². The molecule has 1 unspecified atom stereocenters. The van der Waals surface area contributed by atoms with Crippen LogP contribution in [0.1, 0.15) is 49.9 Å². The molecule has 0 aromatic carbocycles. The largest absolute Gasteiger partial charge is 0.397 e. The molecule has 0 aliphatic carbocycles. The Balaban J connectivity index is 2.56. The number of carbonyl (C=O) groups excluding carboxylic acids is 1. The van der Waals surface area contributed by atoms with Gasteiger partial charge >= 0.3 is 0 Å². The monoisotopic (exact) mass is 283 g/mol. The van der Waals surface area contributed by atoms with E-state index in [0.717, 1.165) is 12.8 Å². The number of pyridine rings is 1. The van der Waals surface area contributed by atoms with Gasteiger partial charge in [-0.1, -0.05) is 44.7 Å². The van der Waals surface area contributed by atoms with E-state index in [2.05, 4.69) is 24.1 Å². The summed E-state index contributed by atoms with van der Waals surface area (Å²) in [6, 6.07) is 1.50. The first kappa shape index (κ1) is 15.8. The Morgan fingerprint density at radius 3 is 2.89 bits per heavy atom. The quantitative estimate of drug-likeness (QED) is 0.755. The highest BCUT2D eigenvalue weighted by atomic mass is 35.5. The highest BCUT2D eigenvalue weighted by Crippen LogP contribution is 2.16. The molecule has 3 N–H and O–H groups in total. The minimum atomic E-state index is -0.184. The van der Waals surface area contributed by atoms with E-state index < -0.39 is 0 Å². The lowest BCUT2D eigenvalue weighted by molar-refractivity contribution is 0.0946. The topological polar surface area (TPSA) is 68.0 Å². The molecule has 0 radical (unpaired) electrons. The first-order valence-corrected chi connectivity index (χ1v) is 7.15. The molecule has 1 atom stereocenters. The van der Waals surface area contributed by atoms with Crippen molar-refractivity contribution in [1.82, 2.24) is 10.3 Å². The van der Waals surface area contributed by atoms with Crippen molar-refractivity contribution in [1.29, 1.82) is 0 Å². The third-order valence-electron chi connectivity index (χ3n) is 3.24. The van der Waals surface area contributed by atoms with Gasteiger partial charge in [-0.3, -0.25) is 4.79 Å². The molecule has 1 rings (SSSR count). The Bertz CT molecular complexity index is 423. The number of nitrogen functional groups attached to an aromatic ring is 1. The smallest absolute Gasteiger partial charge is 0.253 e. The van der Waals surface area contributed by atoms with E-state index in [1.54, 1.807) is 0 Å². The lowest BCUT2D eigenvalue weighted by atomic mass is 9.99. The van der Waals surface area contributed by atoms with Gasteiger partial charge in [-0.2, -0.15) is 0 Å². The minimum absolute atomic E-state index is 0.184. The molecule has 0 bridgehead atoms. The van der Waals surface area contributed by atoms with Gasteiger partial charge < -0.3 is 11.1 Å². The Hall–Kier alpha value is -1.29. The predicted octanol–water partition coefficient (Wildman–Crippen LogP) is 3.26. The van der Waals surface area contributed by atoms with Crippen LogP contribution in [0.3, 0.4) is 0 Å². The van der Waals surface area contributed by atoms with Crippen molar-refractivity contribution in [3.8, 4) is 0 Å². The highest BCUT2D eigenvalue weighted by Gasteiger charge is 2.13. The molecular weight excluding hydrogens is 262 g/mol. The first-order valence-electron chi connectivity index (χ1n) is 6.77. The summed E-state index contributed by atoms with van der Waals surface area (Å²) in [6.45, 7) is 4.99. The summed E-state index contributed by atoms with van der Waals surface area (Å²) in [6.07, 6.45) is 5.98. The minimum Gasteiger partial charge on any atom is -0.397 e. The van der Waals surface area contributed by atoms with Gasteiger partial charge in [0.05, 0.1) is 17.4 Å². The van der Waals surface area contributed by atoms with E-state index >= 15 is 0 Å². The Labute approximate surface area is 119 Å². The molecule has 0 spiro atoms. The van der Waals surface area contributed by atoms with E-state index in [1.165, 1.54) is 25.1 Å². The molecule has 1 heterocycles. The maximum atomic E-state index is 12.0. The van der Waals surface area contributed by atoms with Gasteiger partial charge in [0.2, 0.25) is 0 Å².